The zero-order chi connectivity index (χ0) is 14.4. The van der Waals surface area contributed by atoms with Gasteiger partial charge in [0, 0.05) is 6.07 Å². The monoisotopic (exact) mass is 271 g/mol. The number of anilines is 1. The van der Waals surface area contributed by atoms with Crippen LogP contribution >= 0.6 is 0 Å². The summed E-state index contributed by atoms with van der Waals surface area (Å²) >= 11 is 0. The van der Waals surface area contributed by atoms with Gasteiger partial charge in [-0.15, -0.1) is 0 Å². The lowest BCUT2D eigenvalue weighted by Gasteiger charge is -2.15. The van der Waals surface area contributed by atoms with Crippen molar-refractivity contribution in [3.63, 3.8) is 0 Å². The molecule has 0 aliphatic rings. The Hall–Kier alpha value is -1.65. The van der Waals surface area contributed by atoms with Gasteiger partial charge in [-0.3, -0.25) is 4.79 Å². The van der Waals surface area contributed by atoms with Crippen LogP contribution in [0.1, 0.15) is 50.5 Å². The van der Waals surface area contributed by atoms with Crippen molar-refractivity contribution in [2.24, 2.45) is 0 Å². The van der Waals surface area contributed by atoms with Crippen LogP contribution < -0.4 is 5.73 Å². The molecule has 1 atom stereocenters. The molecule has 19 heavy (non-hydrogen) atoms. The van der Waals surface area contributed by atoms with Crippen molar-refractivity contribution in [1.29, 1.82) is 0 Å². The van der Waals surface area contributed by atoms with Gasteiger partial charge >= 0.3 is 5.97 Å². The minimum absolute atomic E-state index is 0.0292. The highest BCUT2D eigenvalue weighted by Gasteiger charge is 2.24. The van der Waals surface area contributed by atoms with Crippen LogP contribution in [0.2, 0.25) is 0 Å². The molecule has 0 heterocycles. The molecule has 106 valence electrons. The van der Waals surface area contributed by atoms with Crippen LogP contribution in [0.3, 0.4) is 0 Å². The number of nitrogens with two attached hydrogens (primary N) is 1. The van der Waals surface area contributed by atoms with Crippen molar-refractivity contribution >= 4 is 11.7 Å². The van der Waals surface area contributed by atoms with Crippen molar-refractivity contribution in [2.45, 2.75) is 44.9 Å². The summed E-state index contributed by atoms with van der Waals surface area (Å²) in [6.45, 7) is 2.05. The molecule has 0 aliphatic heterocycles. The first-order valence-corrected chi connectivity index (χ1v) is 6.44. The number of carboxylic acids is 1. The maximum atomic E-state index is 13.3. The minimum atomic E-state index is -1.10. The highest BCUT2D eigenvalue weighted by Crippen LogP contribution is 2.30. The topological polar surface area (TPSA) is 63.3 Å². The Labute approximate surface area is 111 Å². The van der Waals surface area contributed by atoms with Crippen LogP contribution in [-0.2, 0) is 4.79 Å². The van der Waals surface area contributed by atoms with E-state index in [0.29, 0.717) is 18.9 Å². The van der Waals surface area contributed by atoms with Crippen molar-refractivity contribution in [3.05, 3.63) is 29.3 Å². The molecule has 0 aromatic heterocycles. The van der Waals surface area contributed by atoms with E-state index in [4.69, 9.17) is 5.73 Å². The third-order valence-corrected chi connectivity index (χ3v) is 3.15. The fourth-order valence-electron chi connectivity index (χ4n) is 2.08. The largest absolute Gasteiger partial charge is 0.481 e. The first-order valence-electron chi connectivity index (χ1n) is 6.44. The number of halogens is 2. The summed E-state index contributed by atoms with van der Waals surface area (Å²) in [6, 6.07) is 1.67. The summed E-state index contributed by atoms with van der Waals surface area (Å²) in [5.74, 6) is -3.77. The zero-order valence-corrected chi connectivity index (χ0v) is 11.0. The summed E-state index contributed by atoms with van der Waals surface area (Å²) in [6.07, 6.45) is 3.98. The highest BCUT2D eigenvalue weighted by atomic mass is 19.1. The number of rotatable bonds is 7. The van der Waals surface area contributed by atoms with E-state index in [9.17, 15) is 18.7 Å². The van der Waals surface area contributed by atoms with Gasteiger partial charge in [-0.1, -0.05) is 32.6 Å². The van der Waals surface area contributed by atoms with E-state index < -0.39 is 23.5 Å². The van der Waals surface area contributed by atoms with E-state index in [0.717, 1.165) is 25.3 Å². The molecule has 0 saturated carbocycles. The predicted molar refractivity (Wildman–Crippen MR) is 69.9 cm³/mol. The third kappa shape index (κ3) is 4.19. The van der Waals surface area contributed by atoms with E-state index in [2.05, 4.69) is 6.92 Å². The Morgan fingerprint density at radius 1 is 1.32 bits per heavy atom. The second-order valence-corrected chi connectivity index (χ2v) is 4.63. The molecule has 0 fully saturated rings. The van der Waals surface area contributed by atoms with Gasteiger partial charge in [0.25, 0.3) is 0 Å². The lowest BCUT2D eigenvalue weighted by atomic mass is 9.91. The smallest absolute Gasteiger partial charge is 0.311 e. The SMILES string of the molecule is CCCCCCC(C(=O)O)c1cc(F)cc(F)c1N. The van der Waals surface area contributed by atoms with Gasteiger partial charge in [0.15, 0.2) is 0 Å². The first kappa shape index (κ1) is 15.4. The molecular formula is C14H19F2NO2. The maximum Gasteiger partial charge on any atom is 0.311 e. The molecule has 5 heteroatoms. The Bertz CT molecular complexity index is 449. The standard InChI is InChI=1S/C14H19F2NO2/c1-2-3-4-5-6-10(14(18)19)11-7-9(15)8-12(16)13(11)17/h7-8,10H,2-6,17H2,1H3,(H,18,19). The van der Waals surface area contributed by atoms with Crippen LogP contribution in [0, 0.1) is 11.6 Å². The van der Waals surface area contributed by atoms with Crippen LogP contribution in [0.4, 0.5) is 14.5 Å². The molecule has 0 saturated heterocycles. The number of benzene rings is 1. The summed E-state index contributed by atoms with van der Waals surface area (Å²) in [7, 11) is 0. The first-order chi connectivity index (χ1) is 8.97. The number of nitrogen functional groups attached to an aromatic ring is 1. The lowest BCUT2D eigenvalue weighted by Crippen LogP contribution is -2.15. The summed E-state index contributed by atoms with van der Waals surface area (Å²) in [4.78, 5) is 11.2. The molecule has 0 aliphatic carbocycles. The van der Waals surface area contributed by atoms with E-state index in [-0.39, 0.29) is 11.3 Å². The summed E-state index contributed by atoms with van der Waals surface area (Å²) < 4.78 is 26.5. The quantitative estimate of drug-likeness (QED) is 0.587. The highest BCUT2D eigenvalue weighted by molar-refractivity contribution is 5.78. The second kappa shape index (κ2) is 7.07. The van der Waals surface area contributed by atoms with E-state index >= 15 is 0 Å². The van der Waals surface area contributed by atoms with Gasteiger partial charge in [0.2, 0.25) is 0 Å². The van der Waals surface area contributed by atoms with Crippen molar-refractivity contribution in [1.82, 2.24) is 0 Å². The van der Waals surface area contributed by atoms with E-state index in [1.54, 1.807) is 0 Å². The van der Waals surface area contributed by atoms with Crippen molar-refractivity contribution < 1.29 is 18.7 Å². The predicted octanol–water partition coefficient (Wildman–Crippen LogP) is 3.69. The van der Waals surface area contributed by atoms with Gasteiger partial charge in [0.1, 0.15) is 11.6 Å². The normalized spacial score (nSPS) is 12.4. The third-order valence-electron chi connectivity index (χ3n) is 3.15. The number of carboxylic acid groups (broad SMARTS) is 1. The van der Waals surface area contributed by atoms with Crippen LogP contribution in [0.15, 0.2) is 12.1 Å². The fraction of sp³-hybridized carbons (Fsp3) is 0.500. The number of hydrogen-bond donors (Lipinski definition) is 2. The van der Waals surface area contributed by atoms with Gasteiger partial charge in [-0.05, 0) is 18.1 Å². The number of unbranched alkanes of at least 4 members (excludes halogenated alkanes) is 3. The van der Waals surface area contributed by atoms with Gasteiger partial charge in [0.05, 0.1) is 11.6 Å². The Morgan fingerprint density at radius 3 is 2.58 bits per heavy atom. The molecule has 0 radical (unpaired) electrons. The molecule has 1 rings (SSSR count). The second-order valence-electron chi connectivity index (χ2n) is 4.63. The summed E-state index contributed by atoms with van der Waals surface area (Å²) in [5.41, 5.74) is 5.27. The zero-order valence-electron chi connectivity index (χ0n) is 11.0. The Balaban J connectivity index is 2.90. The van der Waals surface area contributed by atoms with Crippen LogP contribution in [-0.4, -0.2) is 11.1 Å². The Kier molecular flexibility index (Phi) is 5.73. The van der Waals surface area contributed by atoms with Crippen molar-refractivity contribution in [3.8, 4) is 0 Å². The molecule has 3 nitrogen and oxygen atoms in total. The summed E-state index contributed by atoms with van der Waals surface area (Å²) in [5, 5.41) is 9.19. The average Bonchev–Trinajstić information content (AvgIpc) is 2.34. The fourth-order valence-corrected chi connectivity index (χ4v) is 2.08. The van der Waals surface area contributed by atoms with E-state index in [1.165, 1.54) is 0 Å². The molecule has 0 spiro atoms. The van der Waals surface area contributed by atoms with Gasteiger partial charge in [-0.2, -0.15) is 0 Å². The average molecular weight is 271 g/mol. The molecule has 0 bridgehead atoms. The molecule has 1 aromatic carbocycles. The van der Waals surface area contributed by atoms with Crippen LogP contribution in [0.5, 0.6) is 0 Å². The lowest BCUT2D eigenvalue weighted by molar-refractivity contribution is -0.139. The maximum absolute atomic E-state index is 13.3. The number of aliphatic carboxylic acids is 1. The van der Waals surface area contributed by atoms with Crippen LogP contribution in [0.25, 0.3) is 0 Å². The Morgan fingerprint density at radius 2 is 2.00 bits per heavy atom. The molecule has 3 N–H and O–H groups in total. The number of hydrogen-bond acceptors (Lipinski definition) is 2. The van der Waals surface area contributed by atoms with Gasteiger partial charge in [-0.25, -0.2) is 8.78 Å². The molecular weight excluding hydrogens is 252 g/mol. The molecule has 1 aromatic rings. The molecule has 1 unspecified atom stereocenters. The van der Waals surface area contributed by atoms with Gasteiger partial charge < -0.3 is 10.8 Å². The van der Waals surface area contributed by atoms with Crippen molar-refractivity contribution in [2.75, 3.05) is 5.73 Å². The minimum Gasteiger partial charge on any atom is -0.481 e. The number of carbonyl (C=O) groups is 1. The van der Waals surface area contributed by atoms with E-state index in [1.807, 2.05) is 0 Å². The molecule has 0 amide bonds.